The summed E-state index contributed by atoms with van der Waals surface area (Å²) in [5.74, 6) is -0.315. The summed E-state index contributed by atoms with van der Waals surface area (Å²) in [5, 5.41) is 2.98. The Bertz CT molecular complexity index is 287. The Kier molecular flexibility index (Phi) is 3.45. The molecule has 0 saturated heterocycles. The van der Waals surface area contributed by atoms with Gasteiger partial charge in [0.05, 0.1) is 6.54 Å². The summed E-state index contributed by atoms with van der Waals surface area (Å²) < 4.78 is 0. The van der Waals surface area contributed by atoms with Gasteiger partial charge in [-0.1, -0.05) is 0 Å². The van der Waals surface area contributed by atoms with Crippen molar-refractivity contribution < 1.29 is 4.79 Å². The molecule has 0 bridgehead atoms. The van der Waals surface area contributed by atoms with E-state index in [1.165, 1.54) is 15.3 Å². The van der Waals surface area contributed by atoms with Gasteiger partial charge in [-0.2, -0.15) is 0 Å². The summed E-state index contributed by atoms with van der Waals surface area (Å²) in [4.78, 5) is 13.0. The van der Waals surface area contributed by atoms with Crippen molar-refractivity contribution in [3.63, 3.8) is 0 Å². The quantitative estimate of drug-likeness (QED) is 0.756. The summed E-state index contributed by atoms with van der Waals surface area (Å²) in [5.41, 5.74) is 6.30. The van der Waals surface area contributed by atoms with E-state index in [0.717, 1.165) is 6.54 Å². The van der Waals surface area contributed by atoms with Crippen LogP contribution < -0.4 is 11.1 Å². The van der Waals surface area contributed by atoms with E-state index in [4.69, 9.17) is 5.73 Å². The molecule has 0 spiro atoms. The maximum atomic E-state index is 10.4. The Hall–Kier alpha value is -0.870. The minimum Gasteiger partial charge on any atom is -0.369 e. The van der Waals surface area contributed by atoms with Gasteiger partial charge in [0.1, 0.15) is 0 Å². The zero-order valence-electron chi connectivity index (χ0n) is 7.89. The van der Waals surface area contributed by atoms with Crippen LogP contribution in [0.15, 0.2) is 6.07 Å². The average molecular weight is 198 g/mol. The van der Waals surface area contributed by atoms with Crippen molar-refractivity contribution in [2.75, 3.05) is 6.54 Å². The van der Waals surface area contributed by atoms with Crippen LogP contribution in [-0.4, -0.2) is 12.5 Å². The number of nitrogens with two attached hydrogens (primary N) is 1. The molecule has 0 aliphatic heterocycles. The van der Waals surface area contributed by atoms with E-state index in [2.05, 4.69) is 25.2 Å². The molecule has 3 N–H and O–H groups in total. The number of amides is 1. The molecule has 0 aromatic carbocycles. The Morgan fingerprint density at radius 2 is 2.31 bits per heavy atom. The minimum atomic E-state index is -0.315. The zero-order chi connectivity index (χ0) is 9.84. The van der Waals surface area contributed by atoms with Crippen LogP contribution in [0.3, 0.4) is 0 Å². The maximum absolute atomic E-state index is 10.4. The van der Waals surface area contributed by atoms with Crippen LogP contribution in [0.1, 0.15) is 15.3 Å². The molecule has 1 amide bonds. The van der Waals surface area contributed by atoms with Gasteiger partial charge in [-0.25, -0.2) is 0 Å². The Labute approximate surface area is 81.9 Å². The van der Waals surface area contributed by atoms with Crippen LogP contribution in [0.4, 0.5) is 0 Å². The molecule has 1 aromatic heterocycles. The molecule has 4 heteroatoms. The predicted molar refractivity (Wildman–Crippen MR) is 54.7 cm³/mol. The second-order valence-electron chi connectivity index (χ2n) is 3.02. The first-order valence-corrected chi connectivity index (χ1v) is 4.96. The summed E-state index contributed by atoms with van der Waals surface area (Å²) in [6.45, 7) is 5.15. The van der Waals surface area contributed by atoms with Crippen LogP contribution in [0.5, 0.6) is 0 Å². The summed E-state index contributed by atoms with van der Waals surface area (Å²) in [6.07, 6.45) is 0. The number of carbonyl (C=O) groups is 1. The lowest BCUT2D eigenvalue weighted by Gasteiger charge is -1.97. The normalized spacial score (nSPS) is 10.3. The van der Waals surface area contributed by atoms with E-state index in [1.54, 1.807) is 11.3 Å². The molecule has 3 nitrogen and oxygen atoms in total. The summed E-state index contributed by atoms with van der Waals surface area (Å²) in [6, 6.07) is 2.13. The third-order valence-electron chi connectivity index (χ3n) is 1.82. The molecule has 1 aromatic rings. The Morgan fingerprint density at radius 3 is 2.77 bits per heavy atom. The van der Waals surface area contributed by atoms with E-state index in [-0.39, 0.29) is 12.5 Å². The smallest absolute Gasteiger partial charge is 0.231 e. The maximum Gasteiger partial charge on any atom is 0.231 e. The van der Waals surface area contributed by atoms with Crippen LogP contribution >= 0.6 is 11.3 Å². The highest BCUT2D eigenvalue weighted by Gasteiger charge is 2.01. The lowest BCUT2D eigenvalue weighted by atomic mass is 10.3. The molecule has 0 fully saturated rings. The largest absolute Gasteiger partial charge is 0.369 e. The third kappa shape index (κ3) is 3.16. The molecule has 0 aliphatic carbocycles. The van der Waals surface area contributed by atoms with E-state index in [0.29, 0.717) is 0 Å². The highest BCUT2D eigenvalue weighted by atomic mass is 32.1. The lowest BCUT2D eigenvalue weighted by Crippen LogP contribution is -2.27. The van der Waals surface area contributed by atoms with Gasteiger partial charge in [-0.15, -0.1) is 11.3 Å². The molecule has 0 radical (unpaired) electrons. The SMILES string of the molecule is Cc1cc(CNCC(N)=O)sc1C. The van der Waals surface area contributed by atoms with Gasteiger partial charge in [0, 0.05) is 16.3 Å². The highest BCUT2D eigenvalue weighted by molar-refractivity contribution is 7.12. The number of primary amides is 1. The molecule has 1 rings (SSSR count). The molecule has 1 heterocycles. The number of thiophene rings is 1. The first-order valence-electron chi connectivity index (χ1n) is 4.14. The van der Waals surface area contributed by atoms with Crippen molar-refractivity contribution in [3.05, 3.63) is 21.4 Å². The lowest BCUT2D eigenvalue weighted by molar-refractivity contribution is -0.117. The van der Waals surface area contributed by atoms with Gasteiger partial charge < -0.3 is 11.1 Å². The number of hydrogen-bond donors (Lipinski definition) is 2. The predicted octanol–water partition coefficient (Wildman–Crippen LogP) is 0.940. The minimum absolute atomic E-state index is 0.246. The second-order valence-corrected chi connectivity index (χ2v) is 4.36. The second kappa shape index (κ2) is 4.39. The molecule has 0 aliphatic rings. The number of nitrogens with one attached hydrogen (secondary N) is 1. The van der Waals surface area contributed by atoms with Gasteiger partial charge in [-0.05, 0) is 25.5 Å². The standard InChI is InChI=1S/C9H14N2OS/c1-6-3-8(13-7(6)2)4-11-5-9(10)12/h3,11H,4-5H2,1-2H3,(H2,10,12). The van der Waals surface area contributed by atoms with Crippen LogP contribution in [0, 0.1) is 13.8 Å². The first kappa shape index (κ1) is 10.2. The van der Waals surface area contributed by atoms with E-state index < -0.39 is 0 Å². The van der Waals surface area contributed by atoms with E-state index in [9.17, 15) is 4.79 Å². The first-order chi connectivity index (χ1) is 6.09. The Balaban J connectivity index is 2.41. The van der Waals surface area contributed by atoms with Crippen molar-refractivity contribution in [2.45, 2.75) is 20.4 Å². The van der Waals surface area contributed by atoms with Crippen molar-refractivity contribution >= 4 is 17.2 Å². The monoisotopic (exact) mass is 198 g/mol. The van der Waals surface area contributed by atoms with Crippen LogP contribution in [0.2, 0.25) is 0 Å². The number of carbonyl (C=O) groups excluding carboxylic acids is 1. The topological polar surface area (TPSA) is 55.1 Å². The van der Waals surface area contributed by atoms with Crippen molar-refractivity contribution in [1.29, 1.82) is 0 Å². The zero-order valence-corrected chi connectivity index (χ0v) is 8.70. The van der Waals surface area contributed by atoms with Crippen molar-refractivity contribution in [3.8, 4) is 0 Å². The van der Waals surface area contributed by atoms with Crippen LogP contribution in [-0.2, 0) is 11.3 Å². The van der Waals surface area contributed by atoms with Gasteiger partial charge in [0.2, 0.25) is 5.91 Å². The fraction of sp³-hybridized carbons (Fsp3) is 0.444. The molecule has 0 unspecified atom stereocenters. The molecular formula is C9H14N2OS. The average Bonchev–Trinajstić information content (AvgIpc) is 2.30. The Morgan fingerprint density at radius 1 is 1.62 bits per heavy atom. The number of rotatable bonds is 4. The fourth-order valence-corrected chi connectivity index (χ4v) is 2.07. The number of hydrogen-bond acceptors (Lipinski definition) is 3. The number of aryl methyl sites for hydroxylation is 2. The molecular weight excluding hydrogens is 184 g/mol. The van der Waals surface area contributed by atoms with Crippen LogP contribution in [0.25, 0.3) is 0 Å². The van der Waals surface area contributed by atoms with Gasteiger partial charge in [0.15, 0.2) is 0 Å². The third-order valence-corrected chi connectivity index (χ3v) is 2.97. The fourth-order valence-electron chi connectivity index (χ4n) is 1.05. The summed E-state index contributed by atoms with van der Waals surface area (Å²) in [7, 11) is 0. The molecule has 13 heavy (non-hydrogen) atoms. The van der Waals surface area contributed by atoms with Gasteiger partial charge in [0.25, 0.3) is 0 Å². The van der Waals surface area contributed by atoms with Gasteiger partial charge in [-0.3, -0.25) is 4.79 Å². The highest BCUT2D eigenvalue weighted by Crippen LogP contribution is 2.19. The van der Waals surface area contributed by atoms with Gasteiger partial charge >= 0.3 is 0 Å². The molecule has 0 atom stereocenters. The van der Waals surface area contributed by atoms with E-state index in [1.807, 2.05) is 0 Å². The van der Waals surface area contributed by atoms with Crippen molar-refractivity contribution in [1.82, 2.24) is 5.32 Å². The molecule has 0 saturated carbocycles. The van der Waals surface area contributed by atoms with E-state index >= 15 is 0 Å². The molecule has 72 valence electrons. The van der Waals surface area contributed by atoms with Crippen molar-refractivity contribution in [2.24, 2.45) is 5.73 Å². The summed E-state index contributed by atoms with van der Waals surface area (Å²) >= 11 is 1.75.